The maximum atomic E-state index is 4.59. The van der Waals surface area contributed by atoms with Crippen LogP contribution in [-0.2, 0) is 0 Å². The summed E-state index contributed by atoms with van der Waals surface area (Å²) >= 11 is 0. The van der Waals surface area contributed by atoms with E-state index in [0.29, 0.717) is 28.6 Å². The minimum Gasteiger partial charge on any atom is -0.338 e. The van der Waals surface area contributed by atoms with Gasteiger partial charge in [-0.3, -0.25) is 0 Å². The van der Waals surface area contributed by atoms with Crippen molar-refractivity contribution < 1.29 is 0 Å². The molecule has 0 radical (unpaired) electrons. The van der Waals surface area contributed by atoms with E-state index in [2.05, 4.69) is 40.1 Å². The maximum Gasteiger partial charge on any atom is 0.226 e. The zero-order valence-electron chi connectivity index (χ0n) is 11.8. The zero-order valence-corrected chi connectivity index (χ0v) is 11.8. The van der Waals surface area contributed by atoms with Gasteiger partial charge in [0.15, 0.2) is 11.5 Å². The number of rotatable bonds is 2. The normalized spacial score (nSPS) is 15.2. The lowest BCUT2D eigenvalue weighted by molar-refractivity contribution is 0.580. The van der Waals surface area contributed by atoms with E-state index < -0.39 is 0 Å². The predicted molar refractivity (Wildman–Crippen MR) is 81.2 cm³/mol. The monoisotopic (exact) mass is 294 g/mol. The van der Waals surface area contributed by atoms with Gasteiger partial charge >= 0.3 is 0 Å². The maximum absolute atomic E-state index is 4.59. The Kier molecular flexibility index (Phi) is 3.28. The second-order valence-corrected chi connectivity index (χ2v) is 4.94. The molecule has 3 aromatic rings. The van der Waals surface area contributed by atoms with Crippen LogP contribution in [0, 0.1) is 0 Å². The van der Waals surface area contributed by atoms with Gasteiger partial charge in [0.05, 0.1) is 6.20 Å². The van der Waals surface area contributed by atoms with E-state index in [1.807, 2.05) is 6.07 Å². The van der Waals surface area contributed by atoms with Gasteiger partial charge in [0.25, 0.3) is 0 Å². The highest BCUT2D eigenvalue weighted by molar-refractivity contribution is 5.70. The zero-order chi connectivity index (χ0) is 14.8. The van der Waals surface area contributed by atoms with Crippen LogP contribution in [0.15, 0.2) is 30.9 Å². The van der Waals surface area contributed by atoms with Crippen LogP contribution in [0.25, 0.3) is 22.7 Å². The summed E-state index contributed by atoms with van der Waals surface area (Å²) in [5.41, 5.74) is 1.92. The lowest BCUT2D eigenvalue weighted by atomic mass is 10.3. The highest BCUT2D eigenvalue weighted by Crippen LogP contribution is 2.17. The van der Waals surface area contributed by atoms with Crippen LogP contribution in [0.5, 0.6) is 0 Å². The number of nitrogens with zero attached hydrogens (tertiary/aromatic N) is 7. The van der Waals surface area contributed by atoms with Crippen molar-refractivity contribution in [1.82, 2.24) is 35.2 Å². The number of nitrogens with one attached hydrogen (secondary N) is 1. The average molecular weight is 294 g/mol. The molecule has 4 rings (SSSR count). The molecule has 0 atom stereocenters. The van der Waals surface area contributed by atoms with Gasteiger partial charge in [0.1, 0.15) is 11.2 Å². The summed E-state index contributed by atoms with van der Waals surface area (Å²) in [4.78, 5) is 28.2. The fraction of sp³-hybridized carbons (Fsp3) is 0.286. The minimum absolute atomic E-state index is 0.534. The molecule has 8 nitrogen and oxygen atoms in total. The van der Waals surface area contributed by atoms with Gasteiger partial charge in [-0.2, -0.15) is 0 Å². The Hall–Kier alpha value is -2.74. The molecule has 1 saturated heterocycles. The molecule has 4 heterocycles. The number of fused-ring (bicyclic) bond motifs is 1. The fourth-order valence-electron chi connectivity index (χ4n) is 2.38. The Bertz CT molecular complexity index is 799. The average Bonchev–Trinajstić information content (AvgIpc) is 2.62. The number of hydrogen-bond donors (Lipinski definition) is 1. The molecule has 1 aliphatic rings. The lowest BCUT2D eigenvalue weighted by Gasteiger charge is -2.27. The Morgan fingerprint density at radius 1 is 0.909 bits per heavy atom. The first-order chi connectivity index (χ1) is 10.9. The minimum atomic E-state index is 0.534. The largest absolute Gasteiger partial charge is 0.338 e. The van der Waals surface area contributed by atoms with Crippen LogP contribution < -0.4 is 10.2 Å². The van der Waals surface area contributed by atoms with Gasteiger partial charge < -0.3 is 10.2 Å². The van der Waals surface area contributed by atoms with E-state index in [1.165, 1.54) is 0 Å². The van der Waals surface area contributed by atoms with E-state index in [4.69, 9.17) is 0 Å². The molecule has 0 unspecified atom stereocenters. The van der Waals surface area contributed by atoms with Crippen molar-refractivity contribution in [2.45, 2.75) is 0 Å². The summed E-state index contributed by atoms with van der Waals surface area (Å²) in [6.45, 7) is 3.67. The van der Waals surface area contributed by atoms with Crippen LogP contribution in [0.3, 0.4) is 0 Å². The second-order valence-electron chi connectivity index (χ2n) is 4.94. The van der Waals surface area contributed by atoms with E-state index in [9.17, 15) is 0 Å². The van der Waals surface area contributed by atoms with Gasteiger partial charge in [-0.25, -0.2) is 29.9 Å². The summed E-state index contributed by atoms with van der Waals surface area (Å²) < 4.78 is 0. The molecule has 0 aliphatic carbocycles. The molecule has 1 N–H and O–H groups in total. The first kappa shape index (κ1) is 13.0. The molecule has 1 fully saturated rings. The van der Waals surface area contributed by atoms with Crippen molar-refractivity contribution >= 4 is 17.1 Å². The number of anilines is 1. The van der Waals surface area contributed by atoms with Gasteiger partial charge in [0.2, 0.25) is 5.95 Å². The van der Waals surface area contributed by atoms with Crippen molar-refractivity contribution in [3.05, 3.63) is 30.9 Å². The molecule has 0 saturated carbocycles. The smallest absolute Gasteiger partial charge is 0.226 e. The SMILES string of the molecule is c1cc(-c2ncc3nccnc3n2)nc(N2CCNCC2)n1. The Labute approximate surface area is 126 Å². The molecule has 0 amide bonds. The van der Waals surface area contributed by atoms with Crippen LogP contribution in [0.1, 0.15) is 0 Å². The third-order valence-corrected chi connectivity index (χ3v) is 3.50. The standard InChI is InChI=1S/C14H14N8/c1-2-18-14(22-7-5-15-6-8-22)20-10(1)12-19-9-11-13(21-12)17-4-3-16-11/h1-4,9,15H,5-8H2. The van der Waals surface area contributed by atoms with Crippen molar-refractivity contribution in [2.24, 2.45) is 0 Å². The summed E-state index contributed by atoms with van der Waals surface area (Å²) in [5.74, 6) is 1.24. The Morgan fingerprint density at radius 2 is 1.77 bits per heavy atom. The predicted octanol–water partition coefficient (Wildman–Crippen LogP) is 0.286. The highest BCUT2D eigenvalue weighted by Gasteiger charge is 2.14. The quantitative estimate of drug-likeness (QED) is 0.721. The third kappa shape index (κ3) is 2.44. The number of aromatic nitrogens is 6. The van der Waals surface area contributed by atoms with Crippen molar-refractivity contribution in [3.8, 4) is 11.5 Å². The first-order valence-corrected chi connectivity index (χ1v) is 7.13. The summed E-state index contributed by atoms with van der Waals surface area (Å²) in [7, 11) is 0. The number of hydrogen-bond acceptors (Lipinski definition) is 8. The molecule has 22 heavy (non-hydrogen) atoms. The van der Waals surface area contributed by atoms with Gasteiger partial charge in [-0.05, 0) is 6.07 Å². The molecular formula is C14H14N8. The lowest BCUT2D eigenvalue weighted by Crippen LogP contribution is -2.44. The van der Waals surface area contributed by atoms with Gasteiger partial charge in [-0.15, -0.1) is 0 Å². The molecule has 3 aromatic heterocycles. The van der Waals surface area contributed by atoms with Crippen LogP contribution in [-0.4, -0.2) is 56.1 Å². The fourth-order valence-corrected chi connectivity index (χ4v) is 2.38. The molecule has 0 spiro atoms. The third-order valence-electron chi connectivity index (χ3n) is 3.50. The van der Waals surface area contributed by atoms with Gasteiger partial charge in [0, 0.05) is 44.8 Å². The second kappa shape index (κ2) is 5.57. The number of piperazine rings is 1. The van der Waals surface area contributed by atoms with Crippen molar-refractivity contribution in [3.63, 3.8) is 0 Å². The molecule has 1 aliphatic heterocycles. The van der Waals surface area contributed by atoms with Crippen molar-refractivity contribution in [1.29, 1.82) is 0 Å². The van der Waals surface area contributed by atoms with E-state index >= 15 is 0 Å². The Balaban J connectivity index is 1.71. The summed E-state index contributed by atoms with van der Waals surface area (Å²) in [6.07, 6.45) is 6.64. The molecule has 8 heteroatoms. The highest BCUT2D eigenvalue weighted by atomic mass is 15.3. The first-order valence-electron chi connectivity index (χ1n) is 7.13. The van der Waals surface area contributed by atoms with Crippen LogP contribution >= 0.6 is 0 Å². The van der Waals surface area contributed by atoms with E-state index in [-0.39, 0.29) is 0 Å². The van der Waals surface area contributed by atoms with E-state index in [1.54, 1.807) is 24.8 Å². The van der Waals surface area contributed by atoms with Crippen LogP contribution in [0.2, 0.25) is 0 Å². The van der Waals surface area contributed by atoms with Crippen LogP contribution in [0.4, 0.5) is 5.95 Å². The van der Waals surface area contributed by atoms with E-state index in [0.717, 1.165) is 26.2 Å². The molecular weight excluding hydrogens is 280 g/mol. The van der Waals surface area contributed by atoms with Crippen molar-refractivity contribution in [2.75, 3.05) is 31.1 Å². The molecule has 0 aromatic carbocycles. The summed E-state index contributed by atoms with van der Waals surface area (Å²) in [5, 5.41) is 3.31. The Morgan fingerprint density at radius 3 is 2.68 bits per heavy atom. The topological polar surface area (TPSA) is 92.6 Å². The summed E-state index contributed by atoms with van der Waals surface area (Å²) in [6, 6.07) is 1.81. The molecule has 0 bridgehead atoms. The molecule has 110 valence electrons. The van der Waals surface area contributed by atoms with Gasteiger partial charge in [-0.1, -0.05) is 0 Å².